The van der Waals surface area contributed by atoms with Crippen molar-refractivity contribution in [3.63, 3.8) is 0 Å². The highest BCUT2D eigenvalue weighted by Crippen LogP contribution is 2.38. The molecule has 0 fully saturated rings. The van der Waals surface area contributed by atoms with Gasteiger partial charge in [-0.1, -0.05) is 12.1 Å². The number of fused-ring (bicyclic) bond motifs is 1. The first-order chi connectivity index (χ1) is 14.5. The molecule has 0 saturated heterocycles. The molecule has 3 aromatic rings. The summed E-state index contributed by atoms with van der Waals surface area (Å²) in [5.74, 6) is -1.24. The Morgan fingerprint density at radius 3 is 2.70 bits per heavy atom. The summed E-state index contributed by atoms with van der Waals surface area (Å²) >= 11 is 0. The minimum atomic E-state index is -0.659. The molecule has 0 aliphatic heterocycles. The van der Waals surface area contributed by atoms with E-state index in [1.807, 2.05) is 0 Å². The van der Waals surface area contributed by atoms with Crippen LogP contribution in [0.15, 0.2) is 54.9 Å². The lowest BCUT2D eigenvalue weighted by atomic mass is 10.0. The second-order valence-electron chi connectivity index (χ2n) is 7.34. The highest BCUT2D eigenvalue weighted by molar-refractivity contribution is 5.96. The Hall–Kier alpha value is -3.61. The third kappa shape index (κ3) is 3.66. The molecule has 2 N–H and O–H groups in total. The van der Waals surface area contributed by atoms with Crippen molar-refractivity contribution in [3.05, 3.63) is 94.3 Å². The van der Waals surface area contributed by atoms with Crippen LogP contribution in [0.1, 0.15) is 55.7 Å². The number of aromatic nitrogens is 2. The molecule has 1 atom stereocenters. The summed E-state index contributed by atoms with van der Waals surface area (Å²) in [6.45, 7) is 1.90. The van der Waals surface area contributed by atoms with Crippen molar-refractivity contribution in [1.82, 2.24) is 14.9 Å². The first-order valence-electron chi connectivity index (χ1n) is 9.70. The van der Waals surface area contributed by atoms with Crippen molar-refractivity contribution in [1.29, 1.82) is 0 Å². The lowest BCUT2D eigenvalue weighted by Crippen LogP contribution is -2.35. The lowest BCUT2D eigenvalue weighted by molar-refractivity contribution is 0.0654. The van der Waals surface area contributed by atoms with E-state index in [1.54, 1.807) is 48.4 Å². The van der Waals surface area contributed by atoms with E-state index < -0.39 is 5.91 Å². The van der Waals surface area contributed by atoms with Gasteiger partial charge in [-0.05, 0) is 61.2 Å². The smallest absolute Gasteiger partial charge is 0.267 e. The van der Waals surface area contributed by atoms with Gasteiger partial charge in [-0.2, -0.15) is 0 Å². The molecule has 6 nitrogen and oxygen atoms in total. The van der Waals surface area contributed by atoms with Crippen LogP contribution in [0.2, 0.25) is 0 Å². The quantitative estimate of drug-likeness (QED) is 0.706. The fourth-order valence-electron chi connectivity index (χ4n) is 4.04. The van der Waals surface area contributed by atoms with Crippen molar-refractivity contribution >= 4 is 11.8 Å². The van der Waals surface area contributed by atoms with Crippen LogP contribution in [0.25, 0.3) is 0 Å². The molecule has 0 radical (unpaired) electrons. The molecule has 0 saturated carbocycles. The SMILES string of the molecule is Cc1ncccc1C(=O)N(Cc1cccnc1C(N)=O)[C@@H]1CCc2ccc(F)cc21. The lowest BCUT2D eigenvalue weighted by Gasteiger charge is -2.31. The Labute approximate surface area is 173 Å². The number of rotatable bonds is 5. The Morgan fingerprint density at radius 2 is 1.93 bits per heavy atom. The van der Waals surface area contributed by atoms with Crippen LogP contribution >= 0.6 is 0 Å². The molecule has 1 aliphatic rings. The molecular weight excluding hydrogens is 383 g/mol. The van der Waals surface area contributed by atoms with Gasteiger partial charge in [-0.15, -0.1) is 0 Å². The van der Waals surface area contributed by atoms with E-state index in [0.717, 1.165) is 17.5 Å². The van der Waals surface area contributed by atoms with Gasteiger partial charge in [0.25, 0.3) is 11.8 Å². The van der Waals surface area contributed by atoms with E-state index in [9.17, 15) is 14.0 Å². The summed E-state index contributed by atoms with van der Waals surface area (Å²) in [5, 5.41) is 0. The standard InChI is InChI=1S/C23H21FN4O2/c1-14-18(5-3-10-26-14)23(30)28(13-16-4-2-11-27-21(16)22(25)29)20-9-7-15-6-8-17(24)12-19(15)20/h2-6,8,10-12,20H,7,9,13H2,1H3,(H2,25,29)/t20-/m1/s1. The number of nitrogens with two attached hydrogens (primary N) is 1. The zero-order valence-corrected chi connectivity index (χ0v) is 16.5. The number of carbonyl (C=O) groups is 2. The van der Waals surface area contributed by atoms with Gasteiger partial charge in [0.15, 0.2) is 0 Å². The van der Waals surface area contributed by atoms with E-state index in [1.165, 1.54) is 18.3 Å². The van der Waals surface area contributed by atoms with Gasteiger partial charge in [0.05, 0.1) is 11.6 Å². The minimum absolute atomic E-state index is 0.121. The van der Waals surface area contributed by atoms with Gasteiger partial charge in [0, 0.05) is 30.2 Å². The van der Waals surface area contributed by atoms with E-state index >= 15 is 0 Å². The fraction of sp³-hybridized carbons (Fsp3) is 0.217. The maximum Gasteiger partial charge on any atom is 0.267 e. The molecule has 1 aromatic carbocycles. The maximum atomic E-state index is 14.0. The highest BCUT2D eigenvalue weighted by atomic mass is 19.1. The van der Waals surface area contributed by atoms with Gasteiger partial charge < -0.3 is 10.6 Å². The van der Waals surface area contributed by atoms with Crippen LogP contribution in [0.5, 0.6) is 0 Å². The molecule has 2 heterocycles. The normalized spacial score (nSPS) is 14.9. The van der Waals surface area contributed by atoms with Crippen LogP contribution in [0, 0.1) is 12.7 Å². The number of hydrogen-bond acceptors (Lipinski definition) is 4. The third-order valence-electron chi connectivity index (χ3n) is 5.49. The van der Waals surface area contributed by atoms with Crippen LogP contribution in [0.3, 0.4) is 0 Å². The van der Waals surface area contributed by atoms with Crippen LogP contribution in [0.4, 0.5) is 4.39 Å². The molecule has 0 spiro atoms. The summed E-state index contributed by atoms with van der Waals surface area (Å²) in [4.78, 5) is 35.4. The van der Waals surface area contributed by atoms with Crippen molar-refractivity contribution in [3.8, 4) is 0 Å². The Kier molecular flexibility index (Phi) is 5.27. The largest absolute Gasteiger partial charge is 0.364 e. The van der Waals surface area contributed by atoms with Crippen molar-refractivity contribution in [2.24, 2.45) is 5.73 Å². The number of halogens is 1. The summed E-state index contributed by atoms with van der Waals surface area (Å²) in [6.07, 6.45) is 4.52. The first-order valence-corrected chi connectivity index (χ1v) is 9.70. The summed E-state index contributed by atoms with van der Waals surface area (Å²) in [6, 6.07) is 11.2. The van der Waals surface area contributed by atoms with Crippen molar-refractivity contribution in [2.45, 2.75) is 32.4 Å². The average Bonchev–Trinajstić information content (AvgIpc) is 3.15. The zero-order valence-electron chi connectivity index (χ0n) is 16.5. The van der Waals surface area contributed by atoms with Gasteiger partial charge >= 0.3 is 0 Å². The van der Waals surface area contributed by atoms with Crippen molar-refractivity contribution < 1.29 is 14.0 Å². The fourth-order valence-corrected chi connectivity index (χ4v) is 4.04. The predicted octanol–water partition coefficient (Wildman–Crippen LogP) is 3.35. The molecule has 7 heteroatoms. The van der Waals surface area contributed by atoms with E-state index in [-0.39, 0.29) is 30.0 Å². The maximum absolute atomic E-state index is 14.0. The minimum Gasteiger partial charge on any atom is -0.364 e. The number of carbonyl (C=O) groups excluding carboxylic acids is 2. The number of benzene rings is 1. The van der Waals surface area contributed by atoms with Crippen LogP contribution in [-0.2, 0) is 13.0 Å². The number of aryl methyl sites for hydroxylation is 2. The number of primary amides is 1. The number of pyridine rings is 2. The molecule has 30 heavy (non-hydrogen) atoms. The second kappa shape index (κ2) is 8.02. The molecule has 0 unspecified atom stereocenters. The zero-order chi connectivity index (χ0) is 21.3. The monoisotopic (exact) mass is 404 g/mol. The predicted molar refractivity (Wildman–Crippen MR) is 109 cm³/mol. The molecule has 2 amide bonds. The Morgan fingerprint density at radius 1 is 1.17 bits per heavy atom. The number of nitrogens with zero attached hydrogens (tertiary/aromatic N) is 3. The van der Waals surface area contributed by atoms with E-state index in [2.05, 4.69) is 9.97 Å². The van der Waals surface area contributed by atoms with Gasteiger partial charge in [-0.3, -0.25) is 19.6 Å². The summed E-state index contributed by atoms with van der Waals surface area (Å²) in [7, 11) is 0. The number of amides is 2. The van der Waals surface area contributed by atoms with Crippen molar-refractivity contribution in [2.75, 3.05) is 0 Å². The average molecular weight is 404 g/mol. The highest BCUT2D eigenvalue weighted by Gasteiger charge is 2.33. The van der Waals surface area contributed by atoms with E-state index in [4.69, 9.17) is 5.73 Å². The molecule has 0 bridgehead atoms. The van der Waals surface area contributed by atoms with Crippen LogP contribution < -0.4 is 5.73 Å². The summed E-state index contributed by atoms with van der Waals surface area (Å²) < 4.78 is 14.0. The second-order valence-corrected chi connectivity index (χ2v) is 7.34. The Bertz CT molecular complexity index is 1130. The molecule has 2 aromatic heterocycles. The number of hydrogen-bond donors (Lipinski definition) is 1. The third-order valence-corrected chi connectivity index (χ3v) is 5.49. The molecule has 152 valence electrons. The first kappa shape index (κ1) is 19.7. The summed E-state index contributed by atoms with van der Waals surface area (Å²) in [5.41, 5.74) is 9.03. The van der Waals surface area contributed by atoms with E-state index in [0.29, 0.717) is 23.2 Å². The molecule has 4 rings (SSSR count). The van der Waals surface area contributed by atoms with Gasteiger partial charge in [0.2, 0.25) is 0 Å². The van der Waals surface area contributed by atoms with Gasteiger partial charge in [-0.25, -0.2) is 4.39 Å². The van der Waals surface area contributed by atoms with Gasteiger partial charge in [0.1, 0.15) is 11.5 Å². The topological polar surface area (TPSA) is 89.2 Å². The Balaban J connectivity index is 1.79. The van der Waals surface area contributed by atoms with Crippen LogP contribution in [-0.4, -0.2) is 26.7 Å². The molecular formula is C23H21FN4O2. The molecule has 1 aliphatic carbocycles.